The molecule has 0 atom stereocenters. The predicted molar refractivity (Wildman–Crippen MR) is 86.1 cm³/mol. The van der Waals surface area contributed by atoms with Crippen LogP contribution in [0.15, 0.2) is 35.5 Å². The van der Waals surface area contributed by atoms with Crippen LogP contribution in [0.2, 0.25) is 39.3 Å². The molecule has 0 radical (unpaired) electrons. The summed E-state index contributed by atoms with van der Waals surface area (Å²) < 4.78 is 41.0. The quantitative estimate of drug-likeness (QED) is 0.622. The van der Waals surface area contributed by atoms with Crippen molar-refractivity contribution in [3.05, 3.63) is 41.1 Å². The van der Waals surface area contributed by atoms with E-state index in [1.54, 1.807) is 31.8 Å². The van der Waals surface area contributed by atoms with Gasteiger partial charge in [0.05, 0.1) is 16.1 Å². The Labute approximate surface area is 121 Å². The standard InChI is InChI=1S/C15H23F3Si2/c1-19(2,3)13(12-10-8-7-9-11-12)14(15(16,17)18)20(4,5)6/h7-11H,1-6H3/b14-13+. The molecular weight excluding hydrogens is 293 g/mol. The molecule has 0 N–H and O–H groups in total. The summed E-state index contributed by atoms with van der Waals surface area (Å²) in [6, 6.07) is 9.08. The fourth-order valence-corrected chi connectivity index (χ4v) is 8.42. The fraction of sp³-hybridized carbons (Fsp3) is 0.467. The van der Waals surface area contributed by atoms with Crippen LogP contribution in [-0.2, 0) is 0 Å². The number of alkyl halides is 3. The molecule has 1 rings (SSSR count). The van der Waals surface area contributed by atoms with Gasteiger partial charge in [-0.3, -0.25) is 0 Å². The number of hydrogen-bond acceptors (Lipinski definition) is 0. The molecule has 1 aromatic rings. The molecule has 0 aliphatic carbocycles. The summed E-state index contributed by atoms with van der Waals surface area (Å²) in [5.41, 5.74) is 0.737. The summed E-state index contributed by atoms with van der Waals surface area (Å²) >= 11 is 0. The van der Waals surface area contributed by atoms with Crippen molar-refractivity contribution in [1.82, 2.24) is 0 Å². The van der Waals surface area contributed by atoms with E-state index in [1.165, 1.54) is 0 Å². The van der Waals surface area contributed by atoms with Crippen molar-refractivity contribution in [3.63, 3.8) is 0 Å². The lowest BCUT2D eigenvalue weighted by atomic mass is 10.2. The van der Waals surface area contributed by atoms with E-state index >= 15 is 0 Å². The van der Waals surface area contributed by atoms with E-state index in [2.05, 4.69) is 0 Å². The van der Waals surface area contributed by atoms with Crippen LogP contribution in [0.3, 0.4) is 0 Å². The normalized spacial score (nSPS) is 15.1. The van der Waals surface area contributed by atoms with Crippen LogP contribution in [0.1, 0.15) is 5.56 Å². The molecule has 0 saturated heterocycles. The van der Waals surface area contributed by atoms with Crippen LogP contribution < -0.4 is 0 Å². The highest BCUT2D eigenvalue weighted by molar-refractivity contribution is 6.98. The van der Waals surface area contributed by atoms with E-state index in [-0.39, 0.29) is 5.20 Å². The van der Waals surface area contributed by atoms with Gasteiger partial charge in [0.15, 0.2) is 0 Å². The molecule has 0 nitrogen and oxygen atoms in total. The van der Waals surface area contributed by atoms with Crippen molar-refractivity contribution < 1.29 is 13.2 Å². The molecule has 0 amide bonds. The van der Waals surface area contributed by atoms with E-state index in [4.69, 9.17) is 0 Å². The first-order chi connectivity index (χ1) is 8.85. The Bertz CT molecular complexity index is 473. The lowest BCUT2D eigenvalue weighted by molar-refractivity contribution is -0.0850. The van der Waals surface area contributed by atoms with Crippen LogP contribution in [-0.4, -0.2) is 22.3 Å². The molecule has 5 heteroatoms. The Morgan fingerprint density at radius 3 is 1.55 bits per heavy atom. The highest BCUT2D eigenvalue weighted by atomic mass is 28.3. The molecule has 0 aliphatic rings. The number of hydrogen-bond donors (Lipinski definition) is 0. The first-order valence-electron chi connectivity index (χ1n) is 6.73. The van der Waals surface area contributed by atoms with Gasteiger partial charge in [0.25, 0.3) is 0 Å². The third-order valence-electron chi connectivity index (χ3n) is 3.10. The minimum Gasteiger partial charge on any atom is -0.167 e. The summed E-state index contributed by atoms with van der Waals surface area (Å²) in [7, 11) is -4.60. The Hall–Kier alpha value is -0.816. The Balaban J connectivity index is 3.76. The van der Waals surface area contributed by atoms with Gasteiger partial charge in [0.1, 0.15) is 0 Å². The van der Waals surface area contributed by atoms with Gasteiger partial charge in [-0.15, -0.1) is 0 Å². The number of halogens is 3. The molecule has 0 aliphatic heterocycles. The van der Waals surface area contributed by atoms with Crippen molar-refractivity contribution >= 4 is 21.3 Å². The first kappa shape index (κ1) is 17.2. The maximum atomic E-state index is 13.7. The Morgan fingerprint density at radius 1 is 0.800 bits per heavy atom. The van der Waals surface area contributed by atoms with Gasteiger partial charge in [-0.2, -0.15) is 13.2 Å². The SMILES string of the molecule is C[Si](C)(C)/C(=C(\C(F)(F)F)[Si](C)(C)C)c1ccccc1. The van der Waals surface area contributed by atoms with E-state index in [0.29, 0.717) is 5.20 Å². The minimum atomic E-state index is -4.24. The van der Waals surface area contributed by atoms with Crippen molar-refractivity contribution in [2.75, 3.05) is 0 Å². The summed E-state index contributed by atoms with van der Waals surface area (Å²) in [5.74, 6) is 0. The van der Waals surface area contributed by atoms with Gasteiger partial charge in [0, 0.05) is 5.20 Å². The summed E-state index contributed by atoms with van der Waals surface area (Å²) in [6.07, 6.45) is -4.24. The number of benzene rings is 1. The highest BCUT2D eigenvalue weighted by Gasteiger charge is 2.46. The van der Waals surface area contributed by atoms with Crippen molar-refractivity contribution in [2.24, 2.45) is 0 Å². The number of rotatable bonds is 3. The topological polar surface area (TPSA) is 0 Å². The Morgan fingerprint density at radius 2 is 1.25 bits per heavy atom. The van der Waals surface area contributed by atoms with Crippen LogP contribution in [0.5, 0.6) is 0 Å². The molecule has 0 saturated carbocycles. The predicted octanol–water partition coefficient (Wildman–Crippen LogP) is 5.76. The fourth-order valence-electron chi connectivity index (χ4n) is 2.50. The van der Waals surface area contributed by atoms with Gasteiger partial charge in [-0.25, -0.2) is 0 Å². The van der Waals surface area contributed by atoms with E-state index in [1.807, 2.05) is 37.8 Å². The van der Waals surface area contributed by atoms with Gasteiger partial charge in [-0.1, -0.05) is 69.6 Å². The minimum absolute atomic E-state index is 0.240. The molecule has 0 heterocycles. The lowest BCUT2D eigenvalue weighted by Gasteiger charge is -2.33. The molecule has 20 heavy (non-hydrogen) atoms. The zero-order chi connectivity index (χ0) is 15.8. The second kappa shape index (κ2) is 5.52. The average molecular weight is 317 g/mol. The van der Waals surface area contributed by atoms with Crippen molar-refractivity contribution in [2.45, 2.75) is 45.5 Å². The van der Waals surface area contributed by atoms with Crippen LogP contribution in [0, 0.1) is 0 Å². The van der Waals surface area contributed by atoms with E-state index in [0.717, 1.165) is 5.56 Å². The smallest absolute Gasteiger partial charge is 0.167 e. The monoisotopic (exact) mass is 316 g/mol. The third kappa shape index (κ3) is 4.09. The Kier molecular flexibility index (Phi) is 4.76. The molecule has 0 unspecified atom stereocenters. The molecule has 112 valence electrons. The van der Waals surface area contributed by atoms with Crippen LogP contribution in [0.25, 0.3) is 5.20 Å². The van der Waals surface area contributed by atoms with Gasteiger partial charge < -0.3 is 0 Å². The molecule has 0 fully saturated rings. The molecule has 0 aromatic heterocycles. The largest absolute Gasteiger partial charge is 0.409 e. The van der Waals surface area contributed by atoms with Crippen LogP contribution >= 0.6 is 0 Å². The maximum absolute atomic E-state index is 13.7. The van der Waals surface area contributed by atoms with Crippen LogP contribution in [0.4, 0.5) is 13.2 Å². The second-order valence-corrected chi connectivity index (χ2v) is 17.1. The lowest BCUT2D eigenvalue weighted by Crippen LogP contribution is -2.39. The van der Waals surface area contributed by atoms with E-state index < -0.39 is 22.3 Å². The first-order valence-corrected chi connectivity index (χ1v) is 13.7. The zero-order valence-corrected chi connectivity index (χ0v) is 15.0. The molecule has 0 spiro atoms. The maximum Gasteiger partial charge on any atom is 0.409 e. The average Bonchev–Trinajstić information content (AvgIpc) is 2.21. The van der Waals surface area contributed by atoms with Gasteiger partial charge in [-0.05, 0) is 10.8 Å². The van der Waals surface area contributed by atoms with Gasteiger partial charge >= 0.3 is 6.18 Å². The van der Waals surface area contributed by atoms with E-state index in [9.17, 15) is 13.2 Å². The van der Waals surface area contributed by atoms with Crippen molar-refractivity contribution in [1.29, 1.82) is 0 Å². The summed E-state index contributed by atoms with van der Waals surface area (Å²) in [4.78, 5) is 0. The zero-order valence-electron chi connectivity index (χ0n) is 13.0. The summed E-state index contributed by atoms with van der Waals surface area (Å²) in [6.45, 7) is 11.3. The third-order valence-corrected chi connectivity index (χ3v) is 7.42. The molecule has 0 bridgehead atoms. The number of allylic oxidation sites excluding steroid dienone is 1. The van der Waals surface area contributed by atoms with Gasteiger partial charge in [0.2, 0.25) is 0 Å². The molecule has 1 aromatic carbocycles. The highest BCUT2D eigenvalue weighted by Crippen LogP contribution is 2.42. The molecular formula is C15H23F3Si2. The summed E-state index contributed by atoms with van der Waals surface area (Å²) in [5, 5.41) is 0.333. The van der Waals surface area contributed by atoms with Crippen molar-refractivity contribution in [3.8, 4) is 0 Å². The second-order valence-electron chi connectivity index (χ2n) is 7.11.